The van der Waals surface area contributed by atoms with Crippen LogP contribution in [0.25, 0.3) is 0 Å². The number of nitrogens with zero attached hydrogens (tertiary/aromatic N) is 3. The van der Waals surface area contributed by atoms with Gasteiger partial charge in [0.2, 0.25) is 5.91 Å². The predicted molar refractivity (Wildman–Crippen MR) is 118 cm³/mol. The molecule has 0 bridgehead atoms. The molecule has 7 heteroatoms. The van der Waals surface area contributed by atoms with Gasteiger partial charge in [0.05, 0.1) is 36.1 Å². The number of hydrogen-bond donors (Lipinski definition) is 1. The topological polar surface area (TPSA) is 78.5 Å². The lowest BCUT2D eigenvalue weighted by Crippen LogP contribution is -2.48. The van der Waals surface area contributed by atoms with E-state index in [1.807, 2.05) is 48.8 Å². The molecule has 2 unspecified atom stereocenters. The minimum Gasteiger partial charge on any atom is -0.372 e. The van der Waals surface area contributed by atoms with Crippen molar-refractivity contribution >= 4 is 11.8 Å². The Morgan fingerprint density at radius 1 is 1.13 bits per heavy atom. The van der Waals surface area contributed by atoms with E-state index in [-0.39, 0.29) is 29.9 Å². The van der Waals surface area contributed by atoms with Gasteiger partial charge in [0.15, 0.2) is 0 Å². The van der Waals surface area contributed by atoms with Crippen LogP contribution in [-0.2, 0) is 16.0 Å². The molecule has 3 heterocycles. The first-order valence-electron chi connectivity index (χ1n) is 11.2. The predicted octanol–water partition coefficient (Wildman–Crippen LogP) is 2.92. The molecular weight excluding hydrogens is 392 g/mol. The molecule has 2 saturated heterocycles. The highest BCUT2D eigenvalue weighted by Gasteiger charge is 2.32. The van der Waals surface area contributed by atoms with Crippen LogP contribution in [0.3, 0.4) is 0 Å². The second kappa shape index (κ2) is 9.22. The molecule has 1 aromatic carbocycles. The Morgan fingerprint density at radius 2 is 1.84 bits per heavy atom. The number of piperidine rings is 1. The Labute approximate surface area is 183 Å². The normalized spacial score (nSPS) is 22.5. The van der Waals surface area contributed by atoms with Crippen LogP contribution < -0.4 is 0 Å². The molecule has 0 saturated carbocycles. The molecule has 4 rings (SSSR count). The van der Waals surface area contributed by atoms with Gasteiger partial charge in [-0.25, -0.2) is 0 Å². The van der Waals surface area contributed by atoms with Crippen LogP contribution in [0.4, 0.5) is 0 Å². The molecule has 2 aliphatic heterocycles. The third-order valence-corrected chi connectivity index (χ3v) is 6.30. The summed E-state index contributed by atoms with van der Waals surface area (Å²) < 4.78 is 5.76. The number of nitrogens with one attached hydrogen (secondary N) is 1. The number of aryl methyl sites for hydroxylation is 1. The summed E-state index contributed by atoms with van der Waals surface area (Å²) in [4.78, 5) is 29.7. The number of morpholine rings is 1. The second-order valence-corrected chi connectivity index (χ2v) is 8.99. The first-order chi connectivity index (χ1) is 14.9. The smallest absolute Gasteiger partial charge is 0.257 e. The van der Waals surface area contributed by atoms with Crippen molar-refractivity contribution in [3.05, 3.63) is 52.8 Å². The number of ether oxygens (including phenoxy) is 1. The summed E-state index contributed by atoms with van der Waals surface area (Å²) in [5.74, 6) is 0.394. The minimum absolute atomic E-state index is 0.0173. The molecule has 2 fully saturated rings. The number of H-pyrrole nitrogens is 1. The standard InChI is InChI=1S/C24H32N4O3/c1-16-5-4-6-19(11-16)12-22(29)27-9-7-20(8-10-27)23-21(13-25-26-23)24(30)28-14-17(2)31-18(3)15-28/h4-6,11,13,17-18,20H,7-10,12,14-15H2,1-3H3,(H,25,26). The van der Waals surface area contributed by atoms with Gasteiger partial charge in [-0.2, -0.15) is 5.10 Å². The summed E-state index contributed by atoms with van der Waals surface area (Å²) in [6, 6.07) is 8.12. The first kappa shape index (κ1) is 21.6. The Balaban J connectivity index is 1.37. The quantitative estimate of drug-likeness (QED) is 0.819. The number of carbonyl (C=O) groups excluding carboxylic acids is 2. The molecule has 2 amide bonds. The van der Waals surface area contributed by atoms with Crippen LogP contribution in [0.5, 0.6) is 0 Å². The van der Waals surface area contributed by atoms with Crippen LogP contribution in [0.15, 0.2) is 30.5 Å². The zero-order valence-corrected chi connectivity index (χ0v) is 18.6. The molecule has 1 aromatic heterocycles. The van der Waals surface area contributed by atoms with Crippen molar-refractivity contribution in [3.63, 3.8) is 0 Å². The number of likely N-dealkylation sites (tertiary alicyclic amines) is 1. The average molecular weight is 425 g/mol. The van der Waals surface area contributed by atoms with Gasteiger partial charge >= 0.3 is 0 Å². The van der Waals surface area contributed by atoms with Gasteiger partial charge in [0.25, 0.3) is 5.91 Å². The maximum atomic E-state index is 13.2. The van der Waals surface area contributed by atoms with Crippen LogP contribution in [0.2, 0.25) is 0 Å². The van der Waals surface area contributed by atoms with Gasteiger partial charge in [0, 0.05) is 32.1 Å². The van der Waals surface area contributed by atoms with E-state index in [2.05, 4.69) is 16.3 Å². The molecule has 7 nitrogen and oxygen atoms in total. The van der Waals surface area contributed by atoms with Crippen molar-refractivity contribution in [3.8, 4) is 0 Å². The second-order valence-electron chi connectivity index (χ2n) is 8.99. The lowest BCUT2D eigenvalue weighted by Gasteiger charge is -2.36. The SMILES string of the molecule is Cc1cccc(CC(=O)N2CCC(c3[nH]ncc3C(=O)N3CC(C)OC(C)C3)CC2)c1. The summed E-state index contributed by atoms with van der Waals surface area (Å²) in [5, 5.41) is 7.26. The largest absolute Gasteiger partial charge is 0.372 e. The maximum Gasteiger partial charge on any atom is 0.257 e. The van der Waals surface area contributed by atoms with Gasteiger partial charge in [-0.15, -0.1) is 0 Å². The van der Waals surface area contributed by atoms with E-state index >= 15 is 0 Å². The Morgan fingerprint density at radius 3 is 2.52 bits per heavy atom. The maximum absolute atomic E-state index is 13.2. The van der Waals surface area contributed by atoms with Gasteiger partial charge in [-0.1, -0.05) is 29.8 Å². The highest BCUT2D eigenvalue weighted by molar-refractivity contribution is 5.95. The van der Waals surface area contributed by atoms with Crippen molar-refractivity contribution < 1.29 is 14.3 Å². The molecule has 0 radical (unpaired) electrons. The van der Waals surface area contributed by atoms with Gasteiger partial charge < -0.3 is 14.5 Å². The van der Waals surface area contributed by atoms with E-state index < -0.39 is 0 Å². The zero-order chi connectivity index (χ0) is 22.0. The number of rotatable bonds is 4. The summed E-state index contributed by atoms with van der Waals surface area (Å²) in [6.07, 6.45) is 3.82. The number of benzene rings is 1. The molecule has 2 aromatic rings. The monoisotopic (exact) mass is 424 g/mol. The lowest BCUT2D eigenvalue weighted by atomic mass is 9.90. The zero-order valence-electron chi connectivity index (χ0n) is 18.6. The highest BCUT2D eigenvalue weighted by atomic mass is 16.5. The van der Waals surface area contributed by atoms with E-state index in [1.165, 1.54) is 5.56 Å². The van der Waals surface area contributed by atoms with Crippen LogP contribution in [0, 0.1) is 6.92 Å². The van der Waals surface area contributed by atoms with Crippen molar-refractivity contribution in [2.45, 2.75) is 58.2 Å². The molecule has 2 atom stereocenters. The Kier molecular flexibility index (Phi) is 6.41. The number of aromatic nitrogens is 2. The number of hydrogen-bond acceptors (Lipinski definition) is 4. The van der Waals surface area contributed by atoms with E-state index in [4.69, 9.17) is 4.74 Å². The van der Waals surface area contributed by atoms with Crippen LogP contribution >= 0.6 is 0 Å². The third-order valence-electron chi connectivity index (χ3n) is 6.30. The van der Waals surface area contributed by atoms with E-state index in [0.29, 0.717) is 38.2 Å². The minimum atomic E-state index is 0.0173. The summed E-state index contributed by atoms with van der Waals surface area (Å²) >= 11 is 0. The van der Waals surface area contributed by atoms with Crippen LogP contribution in [-0.4, -0.2) is 70.2 Å². The van der Waals surface area contributed by atoms with Crippen molar-refractivity contribution in [2.24, 2.45) is 0 Å². The van der Waals surface area contributed by atoms with E-state index in [9.17, 15) is 9.59 Å². The van der Waals surface area contributed by atoms with Gasteiger partial charge in [0.1, 0.15) is 0 Å². The van der Waals surface area contributed by atoms with Gasteiger partial charge in [-0.05, 0) is 39.2 Å². The van der Waals surface area contributed by atoms with E-state index in [1.54, 1.807) is 6.20 Å². The first-order valence-corrected chi connectivity index (χ1v) is 11.2. The van der Waals surface area contributed by atoms with E-state index in [0.717, 1.165) is 24.1 Å². The number of amides is 2. The third kappa shape index (κ3) is 4.98. The Bertz CT molecular complexity index is 922. The number of aromatic amines is 1. The average Bonchev–Trinajstić information content (AvgIpc) is 3.22. The molecular formula is C24H32N4O3. The summed E-state index contributed by atoms with van der Waals surface area (Å²) in [7, 11) is 0. The van der Waals surface area contributed by atoms with Crippen molar-refractivity contribution in [1.82, 2.24) is 20.0 Å². The fraction of sp³-hybridized carbons (Fsp3) is 0.542. The van der Waals surface area contributed by atoms with Crippen molar-refractivity contribution in [1.29, 1.82) is 0 Å². The summed E-state index contributed by atoms with van der Waals surface area (Å²) in [6.45, 7) is 8.63. The fourth-order valence-corrected chi connectivity index (χ4v) is 4.82. The molecule has 2 aliphatic rings. The molecule has 1 N–H and O–H groups in total. The summed E-state index contributed by atoms with van der Waals surface area (Å²) in [5.41, 5.74) is 3.79. The fourth-order valence-electron chi connectivity index (χ4n) is 4.82. The van der Waals surface area contributed by atoms with Crippen molar-refractivity contribution in [2.75, 3.05) is 26.2 Å². The lowest BCUT2D eigenvalue weighted by molar-refractivity contribution is -0.131. The molecule has 0 spiro atoms. The highest BCUT2D eigenvalue weighted by Crippen LogP contribution is 2.30. The molecule has 31 heavy (non-hydrogen) atoms. The number of carbonyl (C=O) groups is 2. The molecule has 166 valence electrons. The van der Waals surface area contributed by atoms with Gasteiger partial charge in [-0.3, -0.25) is 14.7 Å². The van der Waals surface area contributed by atoms with Crippen LogP contribution in [0.1, 0.15) is 59.8 Å². The molecule has 0 aliphatic carbocycles. The Hall–Kier alpha value is -2.67.